The van der Waals surface area contributed by atoms with E-state index in [1.165, 1.54) is 22.8 Å². The van der Waals surface area contributed by atoms with Gasteiger partial charge in [0.15, 0.2) is 5.82 Å². The van der Waals surface area contributed by atoms with Gasteiger partial charge in [-0.3, -0.25) is 18.8 Å². The second-order valence-electron chi connectivity index (χ2n) is 10.8. The molecule has 0 saturated carbocycles. The van der Waals surface area contributed by atoms with Gasteiger partial charge in [0.2, 0.25) is 11.8 Å². The van der Waals surface area contributed by atoms with Crippen molar-refractivity contribution in [1.29, 1.82) is 0 Å². The fraction of sp³-hybridized carbons (Fsp3) is 0.235. The molecule has 2 aromatic heterocycles. The third-order valence-corrected chi connectivity index (χ3v) is 7.66. The molecule has 0 unspecified atom stereocenters. The predicted molar refractivity (Wildman–Crippen MR) is 165 cm³/mol. The van der Waals surface area contributed by atoms with Gasteiger partial charge in [0.25, 0.3) is 5.56 Å². The zero-order chi connectivity index (χ0) is 31.7. The van der Waals surface area contributed by atoms with Crippen LogP contribution >= 0.6 is 0 Å². The van der Waals surface area contributed by atoms with Gasteiger partial charge in [-0.1, -0.05) is 50.2 Å². The van der Waals surface area contributed by atoms with Crippen LogP contribution in [0.15, 0.2) is 71.7 Å². The van der Waals surface area contributed by atoms with E-state index in [2.05, 4.69) is 10.1 Å². The van der Waals surface area contributed by atoms with Gasteiger partial charge in [0.05, 0.1) is 11.3 Å². The van der Waals surface area contributed by atoms with Crippen molar-refractivity contribution in [3.63, 3.8) is 0 Å². The maximum atomic E-state index is 15.5. The van der Waals surface area contributed by atoms with Crippen molar-refractivity contribution in [2.24, 2.45) is 5.73 Å². The third-order valence-electron chi connectivity index (χ3n) is 7.66. The lowest BCUT2D eigenvalue weighted by molar-refractivity contribution is 0.100. The van der Waals surface area contributed by atoms with E-state index in [0.29, 0.717) is 29.8 Å². The van der Waals surface area contributed by atoms with Crippen molar-refractivity contribution >= 4 is 5.91 Å². The average Bonchev–Trinajstić information content (AvgIpc) is 3.50. The highest BCUT2D eigenvalue weighted by Gasteiger charge is 2.24. The van der Waals surface area contributed by atoms with Gasteiger partial charge in [-0.15, -0.1) is 0 Å². The molecule has 0 spiro atoms. The van der Waals surface area contributed by atoms with Gasteiger partial charge in [-0.25, -0.2) is 8.78 Å². The van der Waals surface area contributed by atoms with Crippen LogP contribution in [0.1, 0.15) is 66.3 Å². The Labute approximate surface area is 253 Å². The van der Waals surface area contributed by atoms with E-state index in [1.807, 2.05) is 45.9 Å². The Morgan fingerprint density at radius 3 is 2.25 bits per heavy atom. The fourth-order valence-electron chi connectivity index (χ4n) is 5.37. The highest BCUT2D eigenvalue weighted by atomic mass is 19.1. The molecule has 3 aromatic carbocycles. The first kappa shape index (κ1) is 30.3. The molecule has 0 atom stereocenters. The SMILES string of the molecule is CCc1cccc(CC)c1-n1c(-c2ccn(C(C)C)n2)nc(O)c(Cc2ccc(-c3ccc(F)cc3C(N)=O)c(F)c2)c1=O. The summed E-state index contributed by atoms with van der Waals surface area (Å²) in [6.07, 6.45) is 2.96. The summed E-state index contributed by atoms with van der Waals surface area (Å²) >= 11 is 0. The van der Waals surface area contributed by atoms with Crippen LogP contribution in [0.3, 0.4) is 0 Å². The largest absolute Gasteiger partial charge is 0.493 e. The number of halogens is 2. The van der Waals surface area contributed by atoms with Crippen LogP contribution in [0.2, 0.25) is 0 Å². The number of primary amides is 1. The highest BCUT2D eigenvalue weighted by Crippen LogP contribution is 2.31. The Bertz CT molecular complexity index is 1920. The Morgan fingerprint density at radius 1 is 0.977 bits per heavy atom. The zero-order valence-electron chi connectivity index (χ0n) is 24.9. The van der Waals surface area contributed by atoms with Gasteiger partial charge >= 0.3 is 0 Å². The van der Waals surface area contributed by atoms with Gasteiger partial charge in [0.1, 0.15) is 17.3 Å². The number of carbonyl (C=O) groups excluding carboxylic acids is 1. The second-order valence-corrected chi connectivity index (χ2v) is 10.8. The number of carbonyl (C=O) groups is 1. The molecule has 0 fully saturated rings. The lowest BCUT2D eigenvalue weighted by atomic mass is 9.96. The van der Waals surface area contributed by atoms with E-state index in [-0.39, 0.29) is 40.5 Å². The number of rotatable bonds is 9. The molecule has 10 heteroatoms. The fourth-order valence-corrected chi connectivity index (χ4v) is 5.37. The molecule has 0 aliphatic rings. The van der Waals surface area contributed by atoms with E-state index in [1.54, 1.807) is 23.0 Å². The van der Waals surface area contributed by atoms with Gasteiger partial charge in [0, 0.05) is 29.8 Å². The number of aromatic hydroxyl groups is 1. The van der Waals surface area contributed by atoms with Gasteiger partial charge in [-0.05, 0) is 73.2 Å². The van der Waals surface area contributed by atoms with E-state index in [4.69, 9.17) is 5.73 Å². The number of hydrogen-bond acceptors (Lipinski definition) is 5. The zero-order valence-corrected chi connectivity index (χ0v) is 24.9. The number of amides is 1. The van der Waals surface area contributed by atoms with E-state index in [0.717, 1.165) is 23.3 Å². The van der Waals surface area contributed by atoms with Crippen molar-refractivity contribution in [1.82, 2.24) is 19.3 Å². The van der Waals surface area contributed by atoms with Crippen molar-refractivity contribution < 1.29 is 18.7 Å². The highest BCUT2D eigenvalue weighted by molar-refractivity contribution is 5.99. The number of aryl methyl sites for hydroxylation is 2. The lowest BCUT2D eigenvalue weighted by Gasteiger charge is -2.20. The van der Waals surface area contributed by atoms with Gasteiger partial charge < -0.3 is 10.8 Å². The molecule has 44 heavy (non-hydrogen) atoms. The molecule has 2 heterocycles. The number of hydrogen-bond donors (Lipinski definition) is 2. The Morgan fingerprint density at radius 2 is 1.66 bits per heavy atom. The third kappa shape index (κ3) is 5.62. The Kier molecular flexibility index (Phi) is 8.44. The number of nitrogens with zero attached hydrogens (tertiary/aromatic N) is 4. The maximum Gasteiger partial charge on any atom is 0.265 e. The van der Waals surface area contributed by atoms with E-state index in [9.17, 15) is 19.1 Å². The number of nitrogens with two attached hydrogens (primary N) is 1. The van der Waals surface area contributed by atoms with Crippen LogP contribution in [-0.4, -0.2) is 30.3 Å². The summed E-state index contributed by atoms with van der Waals surface area (Å²) in [4.78, 5) is 30.7. The van der Waals surface area contributed by atoms with E-state index < -0.39 is 29.0 Å². The van der Waals surface area contributed by atoms with Crippen LogP contribution in [0, 0.1) is 11.6 Å². The summed E-state index contributed by atoms with van der Waals surface area (Å²) in [5, 5.41) is 15.7. The molecule has 5 rings (SSSR count). The summed E-state index contributed by atoms with van der Waals surface area (Å²) in [5.74, 6) is -2.55. The molecular weight excluding hydrogens is 564 g/mol. The summed E-state index contributed by atoms with van der Waals surface area (Å²) in [5.41, 5.74) is 8.26. The molecule has 3 N–H and O–H groups in total. The minimum absolute atomic E-state index is 0.0169. The number of aromatic nitrogens is 4. The molecule has 0 aliphatic heterocycles. The number of para-hydroxylation sites is 1. The lowest BCUT2D eigenvalue weighted by Crippen LogP contribution is -2.27. The summed E-state index contributed by atoms with van der Waals surface area (Å²) < 4.78 is 32.5. The van der Waals surface area contributed by atoms with E-state index >= 15 is 4.39 Å². The summed E-state index contributed by atoms with van der Waals surface area (Å²) in [7, 11) is 0. The van der Waals surface area contributed by atoms with Crippen molar-refractivity contribution in [2.45, 2.75) is 53.0 Å². The predicted octanol–water partition coefficient (Wildman–Crippen LogP) is 6.14. The quantitative estimate of drug-likeness (QED) is 0.212. The minimum atomic E-state index is -0.892. The molecule has 226 valence electrons. The number of benzene rings is 3. The molecule has 1 amide bonds. The Balaban J connectivity index is 1.67. The van der Waals surface area contributed by atoms with Crippen LogP contribution < -0.4 is 11.3 Å². The Hall–Kier alpha value is -5.12. The first-order valence-electron chi connectivity index (χ1n) is 14.4. The van der Waals surface area contributed by atoms with Crippen LogP contribution in [0.5, 0.6) is 5.88 Å². The molecule has 0 radical (unpaired) electrons. The minimum Gasteiger partial charge on any atom is -0.493 e. The van der Waals surface area contributed by atoms with Crippen LogP contribution in [0.4, 0.5) is 8.78 Å². The molecule has 0 bridgehead atoms. The average molecular weight is 598 g/mol. The molecular formula is C34H33F2N5O3. The van der Waals surface area contributed by atoms with Gasteiger partial charge in [-0.2, -0.15) is 10.1 Å². The summed E-state index contributed by atoms with van der Waals surface area (Å²) in [6, 6.07) is 15.3. The van der Waals surface area contributed by atoms with Crippen molar-refractivity contribution in [3.05, 3.63) is 117 Å². The van der Waals surface area contributed by atoms with Crippen LogP contribution in [0.25, 0.3) is 28.3 Å². The first-order chi connectivity index (χ1) is 21.0. The van der Waals surface area contributed by atoms with Crippen molar-refractivity contribution in [3.8, 4) is 34.2 Å². The maximum absolute atomic E-state index is 15.5. The molecule has 0 aliphatic carbocycles. The monoisotopic (exact) mass is 597 g/mol. The van der Waals surface area contributed by atoms with Crippen molar-refractivity contribution in [2.75, 3.05) is 0 Å². The van der Waals surface area contributed by atoms with Crippen LogP contribution in [-0.2, 0) is 19.3 Å². The molecule has 0 saturated heterocycles. The molecule has 8 nitrogen and oxygen atoms in total. The smallest absolute Gasteiger partial charge is 0.265 e. The normalized spacial score (nSPS) is 11.3. The molecule has 5 aromatic rings. The summed E-state index contributed by atoms with van der Waals surface area (Å²) in [6.45, 7) is 7.96. The topological polar surface area (TPSA) is 116 Å². The second kappa shape index (κ2) is 12.2. The first-order valence-corrected chi connectivity index (χ1v) is 14.4. The standard InChI is InChI=1S/C34H33F2N5O3/c1-5-21-8-7-9-22(6-2)30(21)41-32(29-14-15-40(39-29)19(3)4)38-33(43)27(34(41)44)16-20-10-12-25(28(36)17-20)24-13-11-23(35)18-26(24)31(37)42/h7-15,17-19,43H,5-6,16H2,1-4H3,(H2,37,42).